The van der Waals surface area contributed by atoms with Crippen molar-refractivity contribution in [3.8, 4) is 34.6 Å². The zero-order valence-electron chi connectivity index (χ0n) is 36.3. The summed E-state index contributed by atoms with van der Waals surface area (Å²) in [7, 11) is 0. The number of fused-ring (bicyclic) bond motifs is 6. The Kier molecular flexibility index (Phi) is 14.5. The first-order valence-electron chi connectivity index (χ1n) is 22.9. The first kappa shape index (κ1) is 44.0. The highest BCUT2D eigenvalue weighted by atomic mass is 16.6. The van der Waals surface area contributed by atoms with Gasteiger partial charge in [0.05, 0.1) is 6.54 Å². The molecule has 2 atom stereocenters. The number of likely N-dealkylation sites (tertiary alicyclic amines) is 1. The van der Waals surface area contributed by atoms with Gasteiger partial charge in [0.2, 0.25) is 0 Å². The lowest BCUT2D eigenvalue weighted by molar-refractivity contribution is -0.151. The van der Waals surface area contributed by atoms with Crippen molar-refractivity contribution in [2.45, 2.75) is 94.6 Å². The molecule has 64 heavy (non-hydrogen) atoms. The summed E-state index contributed by atoms with van der Waals surface area (Å²) in [4.78, 5) is 54.8. The van der Waals surface area contributed by atoms with Crippen LogP contribution in [0, 0.1) is 12.3 Å². The minimum Gasteiger partial charge on any atom is -0.463 e. The van der Waals surface area contributed by atoms with Crippen LogP contribution in [0.3, 0.4) is 0 Å². The van der Waals surface area contributed by atoms with E-state index in [1.165, 1.54) is 4.90 Å². The fraction of sp³-hybridized carbons (Fsp3) is 0.345. The van der Waals surface area contributed by atoms with Crippen LogP contribution in [0.4, 0.5) is 4.79 Å². The van der Waals surface area contributed by atoms with Gasteiger partial charge in [-0.3, -0.25) is 14.5 Å². The number of hydrogen-bond acceptors (Lipinski definition) is 7. The predicted octanol–water partition coefficient (Wildman–Crippen LogP) is 10.6. The molecule has 2 amide bonds. The van der Waals surface area contributed by atoms with Crippen molar-refractivity contribution in [2.75, 3.05) is 26.3 Å². The number of nitrogens with zero attached hydrogens (tertiary/aromatic N) is 1. The molecular formula is C55H56N2O7. The molecule has 5 aromatic carbocycles. The third-order valence-corrected chi connectivity index (χ3v) is 12.9. The van der Waals surface area contributed by atoms with Gasteiger partial charge < -0.3 is 19.5 Å². The molecule has 1 heterocycles. The van der Waals surface area contributed by atoms with Crippen LogP contribution in [0.15, 0.2) is 121 Å². The highest BCUT2D eigenvalue weighted by Gasteiger charge is 2.44. The number of benzene rings is 5. The molecule has 0 saturated carbocycles. The maximum atomic E-state index is 14.0. The minimum atomic E-state index is -0.961. The van der Waals surface area contributed by atoms with E-state index >= 15 is 0 Å². The number of rotatable bonds is 19. The highest BCUT2D eigenvalue weighted by Crippen LogP contribution is 2.46. The van der Waals surface area contributed by atoms with Crippen LogP contribution in [0.2, 0.25) is 0 Å². The Morgan fingerprint density at radius 2 is 1.06 bits per heavy atom. The van der Waals surface area contributed by atoms with Gasteiger partial charge in [-0.15, -0.1) is 6.42 Å². The monoisotopic (exact) mass is 856 g/mol. The zero-order valence-corrected chi connectivity index (χ0v) is 36.3. The molecule has 2 aliphatic carbocycles. The predicted molar refractivity (Wildman–Crippen MR) is 248 cm³/mol. The van der Waals surface area contributed by atoms with E-state index in [-0.39, 0.29) is 56.3 Å². The number of unbranched alkanes of at least 4 members (excludes halogenated alkanes) is 8. The van der Waals surface area contributed by atoms with Crippen LogP contribution in [0.1, 0.15) is 121 Å². The van der Waals surface area contributed by atoms with Gasteiger partial charge in [-0.25, -0.2) is 9.59 Å². The quantitative estimate of drug-likeness (QED) is 0.0381. The molecule has 1 N–H and O–H groups in total. The number of terminal acetylenes is 1. The van der Waals surface area contributed by atoms with Gasteiger partial charge in [-0.1, -0.05) is 148 Å². The van der Waals surface area contributed by atoms with Gasteiger partial charge in [0, 0.05) is 42.3 Å². The van der Waals surface area contributed by atoms with E-state index in [4.69, 9.17) is 20.6 Å². The van der Waals surface area contributed by atoms with Gasteiger partial charge in [0.25, 0.3) is 5.91 Å². The molecule has 1 fully saturated rings. The standard InChI is InChI=1S/C55H56N2O7/c1-2-38-29-31-39(32-30-38)53(59)56-33-19-9-7-5-3-4-6-8-10-28-52(58)64-40-34-51(54(60)62-36-49-45-24-15-11-20-41(45)42-21-12-16-25-46(42)49)57(35-40)55(61)63-37-50-47-26-17-13-22-43(47)44-23-14-18-27-48(44)50/h1,11-18,20-27,29-32,40,49-51H,3-10,19,28,33-37H2,(H,56,59)/t40-,51+/m1/s1. The molecule has 9 heteroatoms. The Balaban J connectivity index is 0.791. The summed E-state index contributed by atoms with van der Waals surface area (Å²) in [5.41, 5.74) is 10.3. The topological polar surface area (TPSA) is 111 Å². The van der Waals surface area contributed by atoms with Crippen molar-refractivity contribution < 1.29 is 33.4 Å². The SMILES string of the molecule is C#Cc1ccc(C(=O)NCCCCCCCCCCCC(=O)O[C@@H]2C[C@@H](C(=O)OCC3c4ccccc4-c4ccccc43)N(C(=O)OCC3c4ccccc4-c4ccccc43)C2)cc1. The average Bonchev–Trinajstić information content (AvgIpc) is 4.00. The molecule has 0 spiro atoms. The van der Waals surface area contributed by atoms with Crippen LogP contribution >= 0.6 is 0 Å². The van der Waals surface area contributed by atoms with E-state index in [2.05, 4.69) is 59.8 Å². The summed E-state index contributed by atoms with van der Waals surface area (Å²) >= 11 is 0. The lowest BCUT2D eigenvalue weighted by Gasteiger charge is -2.24. The van der Waals surface area contributed by atoms with E-state index in [1.807, 2.05) is 48.5 Å². The summed E-state index contributed by atoms with van der Waals surface area (Å²) < 4.78 is 18.0. The van der Waals surface area contributed by atoms with E-state index in [0.29, 0.717) is 18.5 Å². The van der Waals surface area contributed by atoms with Crippen molar-refractivity contribution in [1.82, 2.24) is 10.2 Å². The molecule has 0 unspecified atom stereocenters. The fourth-order valence-electron chi connectivity index (χ4n) is 9.58. The van der Waals surface area contributed by atoms with E-state index in [1.54, 1.807) is 24.3 Å². The van der Waals surface area contributed by atoms with Crippen LogP contribution in [0.5, 0.6) is 0 Å². The molecule has 3 aliphatic rings. The number of amides is 2. The van der Waals surface area contributed by atoms with Crippen molar-refractivity contribution >= 4 is 23.9 Å². The fourth-order valence-corrected chi connectivity index (χ4v) is 9.58. The Morgan fingerprint density at radius 1 is 0.594 bits per heavy atom. The minimum absolute atomic E-state index is 0.0462. The largest absolute Gasteiger partial charge is 0.463 e. The Labute approximate surface area is 376 Å². The Hall–Kier alpha value is -6.66. The maximum Gasteiger partial charge on any atom is 0.410 e. The smallest absolute Gasteiger partial charge is 0.410 e. The Bertz CT molecular complexity index is 2280. The molecule has 5 aromatic rings. The van der Waals surface area contributed by atoms with Gasteiger partial charge in [-0.05, 0) is 81.6 Å². The third-order valence-electron chi connectivity index (χ3n) is 12.9. The van der Waals surface area contributed by atoms with Crippen molar-refractivity contribution in [3.05, 3.63) is 155 Å². The van der Waals surface area contributed by atoms with E-state index < -0.39 is 24.2 Å². The number of hydrogen-bond donors (Lipinski definition) is 1. The summed E-state index contributed by atoms with van der Waals surface area (Å²) in [6.45, 7) is 0.924. The second-order valence-corrected chi connectivity index (χ2v) is 17.1. The molecular weight excluding hydrogens is 801 g/mol. The number of esters is 2. The maximum absolute atomic E-state index is 14.0. The molecule has 0 radical (unpaired) electrons. The van der Waals surface area contributed by atoms with Gasteiger partial charge in [0.15, 0.2) is 0 Å². The van der Waals surface area contributed by atoms with Crippen LogP contribution in [-0.2, 0) is 23.8 Å². The van der Waals surface area contributed by atoms with Crippen LogP contribution in [0.25, 0.3) is 22.3 Å². The number of carbonyl (C=O) groups is 4. The molecule has 8 rings (SSSR count). The Morgan fingerprint density at radius 3 is 1.58 bits per heavy atom. The normalized spacial score (nSPS) is 16.0. The third kappa shape index (κ3) is 10.2. The molecule has 9 nitrogen and oxygen atoms in total. The second-order valence-electron chi connectivity index (χ2n) is 17.1. The van der Waals surface area contributed by atoms with E-state index in [0.717, 1.165) is 101 Å². The number of ether oxygens (including phenoxy) is 3. The lowest BCUT2D eigenvalue weighted by Crippen LogP contribution is -2.42. The van der Waals surface area contributed by atoms with E-state index in [9.17, 15) is 19.2 Å². The first-order chi connectivity index (χ1) is 31.4. The highest BCUT2D eigenvalue weighted by molar-refractivity contribution is 5.94. The van der Waals surface area contributed by atoms with Crippen molar-refractivity contribution in [3.63, 3.8) is 0 Å². The summed E-state index contributed by atoms with van der Waals surface area (Å²) in [5.74, 6) is 1.33. The van der Waals surface area contributed by atoms with Crippen LogP contribution < -0.4 is 5.32 Å². The summed E-state index contributed by atoms with van der Waals surface area (Å²) in [5, 5.41) is 2.98. The molecule has 0 bridgehead atoms. The summed E-state index contributed by atoms with van der Waals surface area (Å²) in [6.07, 6.45) is 13.6. The molecule has 328 valence electrons. The molecule has 0 aromatic heterocycles. The number of carbonyl (C=O) groups excluding carboxylic acids is 4. The average molecular weight is 857 g/mol. The second kappa shape index (κ2) is 21.1. The van der Waals surface area contributed by atoms with Crippen molar-refractivity contribution in [2.24, 2.45) is 0 Å². The van der Waals surface area contributed by atoms with Crippen molar-refractivity contribution in [1.29, 1.82) is 0 Å². The lowest BCUT2D eigenvalue weighted by atomic mass is 9.98. The molecule has 1 saturated heterocycles. The van der Waals surface area contributed by atoms with Gasteiger partial charge in [0.1, 0.15) is 25.4 Å². The van der Waals surface area contributed by atoms with Gasteiger partial charge in [-0.2, -0.15) is 0 Å². The first-order valence-corrected chi connectivity index (χ1v) is 22.9. The number of nitrogens with one attached hydrogen (secondary N) is 1. The van der Waals surface area contributed by atoms with Crippen LogP contribution in [-0.4, -0.2) is 67.3 Å². The zero-order chi connectivity index (χ0) is 44.3. The summed E-state index contributed by atoms with van der Waals surface area (Å²) in [6, 6.07) is 38.7. The molecule has 1 aliphatic heterocycles. The van der Waals surface area contributed by atoms with Gasteiger partial charge >= 0.3 is 18.0 Å².